The molecule has 2 rings (SSSR count). The molecule has 1 aromatic carbocycles. The van der Waals surface area contributed by atoms with Crippen LogP contribution in [0.2, 0.25) is 0 Å². The zero-order valence-corrected chi connectivity index (χ0v) is 7.47. The van der Waals surface area contributed by atoms with E-state index in [0.717, 1.165) is 11.1 Å². The van der Waals surface area contributed by atoms with Crippen LogP contribution in [-0.2, 0) is 11.3 Å². The van der Waals surface area contributed by atoms with Crippen molar-refractivity contribution in [1.82, 2.24) is 0 Å². The Hall–Kier alpha value is -1.46. The fourth-order valence-electron chi connectivity index (χ4n) is 1.58. The highest BCUT2D eigenvalue weighted by atomic mass is 16.6. The van der Waals surface area contributed by atoms with Gasteiger partial charge in [-0.05, 0) is 11.1 Å². The van der Waals surface area contributed by atoms with Crippen LogP contribution in [0.4, 0.5) is 5.69 Å². The predicted octanol–water partition coefficient (Wildman–Crippen LogP) is 1.12. The van der Waals surface area contributed by atoms with E-state index in [9.17, 15) is 10.1 Å². The molecule has 2 N–H and O–H groups in total. The number of nitrogens with zero attached hydrogens (tertiary/aromatic N) is 1. The third-order valence-corrected chi connectivity index (χ3v) is 2.29. The van der Waals surface area contributed by atoms with Gasteiger partial charge in [0.1, 0.15) is 0 Å². The summed E-state index contributed by atoms with van der Waals surface area (Å²) in [6.07, 6.45) is 0. The molecule has 0 bridgehead atoms. The van der Waals surface area contributed by atoms with E-state index in [1.54, 1.807) is 6.07 Å². The van der Waals surface area contributed by atoms with E-state index in [0.29, 0.717) is 13.2 Å². The van der Waals surface area contributed by atoms with Gasteiger partial charge in [0.15, 0.2) is 0 Å². The maximum absolute atomic E-state index is 10.5. The molecule has 1 aromatic rings. The molecule has 5 heteroatoms. The third kappa shape index (κ3) is 1.47. The molecule has 0 spiro atoms. The van der Waals surface area contributed by atoms with Gasteiger partial charge in [0, 0.05) is 12.1 Å². The lowest BCUT2D eigenvalue weighted by molar-refractivity contribution is -0.385. The largest absolute Gasteiger partial charge is 0.375 e. The molecule has 0 fully saturated rings. The molecule has 1 aliphatic rings. The summed E-state index contributed by atoms with van der Waals surface area (Å²) in [5, 5.41) is 10.5. The molecule has 0 aromatic heterocycles. The number of hydrogen-bond donors (Lipinski definition) is 1. The van der Waals surface area contributed by atoms with Gasteiger partial charge in [-0.25, -0.2) is 0 Å². The van der Waals surface area contributed by atoms with Crippen molar-refractivity contribution in [2.24, 2.45) is 5.73 Å². The minimum atomic E-state index is -0.416. The summed E-state index contributed by atoms with van der Waals surface area (Å²) in [7, 11) is 0. The molecule has 0 radical (unpaired) electrons. The summed E-state index contributed by atoms with van der Waals surface area (Å²) in [6.45, 7) is 0.884. The average Bonchev–Trinajstić information content (AvgIpc) is 2.17. The number of nitro benzene ring substituents is 1. The first-order valence-corrected chi connectivity index (χ1v) is 4.29. The minimum Gasteiger partial charge on any atom is -0.375 e. The smallest absolute Gasteiger partial charge is 0.269 e. The molecule has 0 unspecified atom stereocenters. The molecular formula is C9H10N2O3. The highest BCUT2D eigenvalue weighted by Crippen LogP contribution is 2.26. The van der Waals surface area contributed by atoms with Gasteiger partial charge in [-0.1, -0.05) is 6.07 Å². The summed E-state index contributed by atoms with van der Waals surface area (Å²) in [5.74, 6) is 0. The van der Waals surface area contributed by atoms with E-state index in [2.05, 4.69) is 0 Å². The zero-order valence-electron chi connectivity index (χ0n) is 7.47. The first-order chi connectivity index (χ1) is 6.68. The second kappa shape index (κ2) is 3.36. The SMILES string of the molecule is N[C@H]1COCc2cc([N+](=O)[O-])ccc21. The van der Waals surface area contributed by atoms with Crippen molar-refractivity contribution >= 4 is 5.69 Å². The molecule has 5 nitrogen and oxygen atoms in total. The lowest BCUT2D eigenvalue weighted by atomic mass is 9.99. The summed E-state index contributed by atoms with van der Waals surface area (Å²) in [4.78, 5) is 10.1. The Bertz CT molecular complexity index is 378. The van der Waals surface area contributed by atoms with Crippen LogP contribution in [0, 0.1) is 10.1 Å². The first-order valence-electron chi connectivity index (χ1n) is 4.29. The van der Waals surface area contributed by atoms with Crippen molar-refractivity contribution in [3.8, 4) is 0 Å². The number of fused-ring (bicyclic) bond motifs is 1. The van der Waals surface area contributed by atoms with Crippen molar-refractivity contribution < 1.29 is 9.66 Å². The molecule has 0 saturated heterocycles. The maximum Gasteiger partial charge on any atom is 0.269 e. The molecule has 0 amide bonds. The van der Waals surface area contributed by atoms with E-state index in [-0.39, 0.29) is 11.7 Å². The fraction of sp³-hybridized carbons (Fsp3) is 0.333. The fourth-order valence-corrected chi connectivity index (χ4v) is 1.58. The Balaban J connectivity index is 2.44. The van der Waals surface area contributed by atoms with Crippen molar-refractivity contribution in [2.45, 2.75) is 12.6 Å². The highest BCUT2D eigenvalue weighted by molar-refractivity contribution is 5.41. The standard InChI is InChI=1S/C9H10N2O3/c10-9-5-14-4-6-3-7(11(12)13)1-2-8(6)9/h1-3,9H,4-5,10H2/t9-/m0/s1. The van der Waals surface area contributed by atoms with Crippen LogP contribution >= 0.6 is 0 Å². The van der Waals surface area contributed by atoms with Gasteiger partial charge in [-0.2, -0.15) is 0 Å². The molecular weight excluding hydrogens is 184 g/mol. The van der Waals surface area contributed by atoms with E-state index in [1.165, 1.54) is 12.1 Å². The highest BCUT2D eigenvalue weighted by Gasteiger charge is 2.19. The van der Waals surface area contributed by atoms with Crippen molar-refractivity contribution in [3.63, 3.8) is 0 Å². The van der Waals surface area contributed by atoms with Crippen LogP contribution in [-0.4, -0.2) is 11.5 Å². The monoisotopic (exact) mass is 194 g/mol. The summed E-state index contributed by atoms with van der Waals surface area (Å²) >= 11 is 0. The van der Waals surface area contributed by atoms with Gasteiger partial charge >= 0.3 is 0 Å². The Morgan fingerprint density at radius 1 is 1.57 bits per heavy atom. The molecule has 1 aliphatic heterocycles. The number of nitro groups is 1. The van der Waals surface area contributed by atoms with Gasteiger partial charge in [-0.3, -0.25) is 10.1 Å². The number of benzene rings is 1. The summed E-state index contributed by atoms with van der Waals surface area (Å²) < 4.78 is 5.20. The second-order valence-electron chi connectivity index (χ2n) is 3.26. The number of ether oxygens (including phenoxy) is 1. The van der Waals surface area contributed by atoms with E-state index in [1.807, 2.05) is 0 Å². The van der Waals surface area contributed by atoms with Gasteiger partial charge in [0.25, 0.3) is 5.69 Å². The van der Waals surface area contributed by atoms with Crippen LogP contribution in [0.3, 0.4) is 0 Å². The van der Waals surface area contributed by atoms with E-state index in [4.69, 9.17) is 10.5 Å². The quantitative estimate of drug-likeness (QED) is 0.536. The molecule has 0 saturated carbocycles. The van der Waals surface area contributed by atoms with Gasteiger partial charge in [0.05, 0.1) is 24.2 Å². The van der Waals surface area contributed by atoms with Crippen molar-refractivity contribution in [1.29, 1.82) is 0 Å². The van der Waals surface area contributed by atoms with Gasteiger partial charge < -0.3 is 10.5 Å². The zero-order chi connectivity index (χ0) is 10.1. The van der Waals surface area contributed by atoms with Gasteiger partial charge in [-0.15, -0.1) is 0 Å². The molecule has 14 heavy (non-hydrogen) atoms. The molecule has 74 valence electrons. The predicted molar refractivity (Wildman–Crippen MR) is 49.7 cm³/mol. The van der Waals surface area contributed by atoms with Crippen molar-refractivity contribution in [3.05, 3.63) is 39.4 Å². The lowest BCUT2D eigenvalue weighted by Gasteiger charge is -2.21. The minimum absolute atomic E-state index is 0.0847. The number of nitrogens with two attached hydrogens (primary N) is 1. The molecule has 1 heterocycles. The Labute approximate surface area is 80.6 Å². The van der Waals surface area contributed by atoms with Crippen LogP contribution < -0.4 is 5.73 Å². The number of rotatable bonds is 1. The van der Waals surface area contributed by atoms with E-state index < -0.39 is 4.92 Å². The average molecular weight is 194 g/mol. The summed E-state index contributed by atoms with van der Waals surface area (Å²) in [6, 6.07) is 4.54. The Morgan fingerprint density at radius 3 is 3.07 bits per heavy atom. The van der Waals surface area contributed by atoms with Crippen LogP contribution in [0.1, 0.15) is 17.2 Å². The third-order valence-electron chi connectivity index (χ3n) is 2.29. The maximum atomic E-state index is 10.5. The second-order valence-corrected chi connectivity index (χ2v) is 3.26. The van der Waals surface area contributed by atoms with Crippen LogP contribution in [0.5, 0.6) is 0 Å². The Morgan fingerprint density at radius 2 is 2.36 bits per heavy atom. The normalized spacial score (nSPS) is 20.2. The molecule has 1 atom stereocenters. The Kier molecular flexibility index (Phi) is 2.18. The first kappa shape index (κ1) is 9.11. The number of non-ortho nitro benzene ring substituents is 1. The van der Waals surface area contributed by atoms with Crippen molar-refractivity contribution in [2.75, 3.05) is 6.61 Å². The summed E-state index contributed by atoms with van der Waals surface area (Å²) in [5.41, 5.74) is 7.63. The topological polar surface area (TPSA) is 78.4 Å². The van der Waals surface area contributed by atoms with Crippen LogP contribution in [0.15, 0.2) is 18.2 Å². The number of hydrogen-bond acceptors (Lipinski definition) is 4. The van der Waals surface area contributed by atoms with E-state index >= 15 is 0 Å². The van der Waals surface area contributed by atoms with Crippen LogP contribution in [0.25, 0.3) is 0 Å². The van der Waals surface area contributed by atoms with Gasteiger partial charge in [0.2, 0.25) is 0 Å². The molecule has 0 aliphatic carbocycles. The lowest BCUT2D eigenvalue weighted by Crippen LogP contribution is -2.23.